The molecule has 3 heterocycles. The van der Waals surface area contributed by atoms with E-state index in [0.29, 0.717) is 6.42 Å². The first-order chi connectivity index (χ1) is 8.86. The van der Waals surface area contributed by atoms with Crippen molar-refractivity contribution in [3.05, 3.63) is 48.5 Å². The monoisotopic (exact) mass is 240 g/mol. The fourth-order valence-corrected chi connectivity index (χ4v) is 1.84. The Hall–Kier alpha value is -2.27. The van der Waals surface area contributed by atoms with Gasteiger partial charge in [0, 0.05) is 31.0 Å². The number of pyridine rings is 1. The molecular weight excluding hydrogens is 228 g/mol. The predicted molar refractivity (Wildman–Crippen MR) is 67.0 cm³/mol. The van der Waals surface area contributed by atoms with Crippen LogP contribution in [-0.2, 0) is 6.42 Å². The molecular formula is C13H12N4O. The molecule has 5 heteroatoms. The summed E-state index contributed by atoms with van der Waals surface area (Å²) in [6, 6.07) is 7.68. The molecule has 0 atom stereocenters. The SMILES string of the molecule is OCCc1cn2nc(-c3ccncc3)ccc2n1. The summed E-state index contributed by atoms with van der Waals surface area (Å²) < 4.78 is 1.74. The van der Waals surface area contributed by atoms with Crippen molar-refractivity contribution in [2.45, 2.75) is 6.42 Å². The average Bonchev–Trinajstić information content (AvgIpc) is 2.81. The van der Waals surface area contributed by atoms with Gasteiger partial charge in [-0.3, -0.25) is 4.98 Å². The number of fused-ring (bicyclic) bond motifs is 1. The highest BCUT2D eigenvalue weighted by molar-refractivity contribution is 5.59. The predicted octanol–water partition coefficient (Wildman–Crippen LogP) is 1.33. The second kappa shape index (κ2) is 4.54. The van der Waals surface area contributed by atoms with Gasteiger partial charge in [0.2, 0.25) is 0 Å². The first-order valence-electron chi connectivity index (χ1n) is 5.73. The molecule has 0 saturated heterocycles. The van der Waals surface area contributed by atoms with Crippen LogP contribution >= 0.6 is 0 Å². The molecule has 1 N–H and O–H groups in total. The van der Waals surface area contributed by atoms with Crippen molar-refractivity contribution in [3.8, 4) is 11.3 Å². The summed E-state index contributed by atoms with van der Waals surface area (Å²) in [5.74, 6) is 0. The van der Waals surface area contributed by atoms with E-state index in [-0.39, 0.29) is 6.61 Å². The first-order valence-corrected chi connectivity index (χ1v) is 5.73. The van der Waals surface area contributed by atoms with Crippen molar-refractivity contribution in [2.24, 2.45) is 0 Å². The zero-order valence-corrected chi connectivity index (χ0v) is 9.69. The Balaban J connectivity index is 2.05. The maximum Gasteiger partial charge on any atom is 0.153 e. The number of hydrogen-bond donors (Lipinski definition) is 1. The fourth-order valence-electron chi connectivity index (χ4n) is 1.84. The van der Waals surface area contributed by atoms with Gasteiger partial charge in [-0.25, -0.2) is 9.50 Å². The van der Waals surface area contributed by atoms with Crippen molar-refractivity contribution < 1.29 is 5.11 Å². The Bertz CT molecular complexity index is 663. The molecule has 0 bridgehead atoms. The standard InChI is InChI=1S/C13H12N4O/c18-8-5-11-9-17-13(15-11)2-1-12(16-17)10-3-6-14-7-4-10/h1-4,6-7,9,18H,5,8H2. The van der Waals surface area contributed by atoms with E-state index in [2.05, 4.69) is 15.1 Å². The molecule has 90 valence electrons. The van der Waals surface area contributed by atoms with Gasteiger partial charge in [-0.1, -0.05) is 0 Å². The largest absolute Gasteiger partial charge is 0.396 e. The van der Waals surface area contributed by atoms with Crippen LogP contribution in [0, 0.1) is 0 Å². The maximum absolute atomic E-state index is 8.90. The Morgan fingerprint density at radius 3 is 2.72 bits per heavy atom. The Morgan fingerprint density at radius 2 is 1.94 bits per heavy atom. The van der Waals surface area contributed by atoms with E-state index >= 15 is 0 Å². The topological polar surface area (TPSA) is 63.3 Å². The van der Waals surface area contributed by atoms with Gasteiger partial charge < -0.3 is 5.11 Å². The molecule has 0 aliphatic rings. The molecule has 0 aromatic carbocycles. The molecule has 0 aliphatic heterocycles. The van der Waals surface area contributed by atoms with Gasteiger partial charge in [0.05, 0.1) is 17.6 Å². The van der Waals surface area contributed by atoms with E-state index in [4.69, 9.17) is 5.11 Å². The van der Waals surface area contributed by atoms with E-state index in [1.165, 1.54) is 0 Å². The highest BCUT2D eigenvalue weighted by Gasteiger charge is 2.04. The van der Waals surface area contributed by atoms with Crippen molar-refractivity contribution in [1.29, 1.82) is 0 Å². The molecule has 0 fully saturated rings. The minimum Gasteiger partial charge on any atom is -0.396 e. The summed E-state index contributed by atoms with van der Waals surface area (Å²) in [6.45, 7) is 0.0983. The van der Waals surface area contributed by atoms with Crippen LogP contribution in [0.2, 0.25) is 0 Å². The Kier molecular flexibility index (Phi) is 2.74. The second-order valence-electron chi connectivity index (χ2n) is 3.96. The smallest absolute Gasteiger partial charge is 0.153 e. The fraction of sp³-hybridized carbons (Fsp3) is 0.154. The van der Waals surface area contributed by atoms with Crippen LogP contribution in [0.25, 0.3) is 16.9 Å². The molecule has 3 aromatic rings. The molecule has 18 heavy (non-hydrogen) atoms. The molecule has 0 unspecified atom stereocenters. The lowest BCUT2D eigenvalue weighted by Gasteiger charge is -2.00. The van der Waals surface area contributed by atoms with Crippen molar-refractivity contribution in [2.75, 3.05) is 6.61 Å². The van der Waals surface area contributed by atoms with Gasteiger partial charge in [0.25, 0.3) is 0 Å². The van der Waals surface area contributed by atoms with E-state index in [1.807, 2.05) is 30.5 Å². The lowest BCUT2D eigenvalue weighted by molar-refractivity contribution is 0.298. The number of nitrogens with zero attached hydrogens (tertiary/aromatic N) is 4. The zero-order valence-electron chi connectivity index (χ0n) is 9.69. The maximum atomic E-state index is 8.90. The summed E-state index contributed by atoms with van der Waals surface area (Å²) in [4.78, 5) is 8.35. The Morgan fingerprint density at radius 1 is 1.11 bits per heavy atom. The van der Waals surface area contributed by atoms with Crippen LogP contribution in [0.4, 0.5) is 0 Å². The molecule has 0 spiro atoms. The van der Waals surface area contributed by atoms with Crippen molar-refractivity contribution >= 4 is 5.65 Å². The number of aliphatic hydroxyl groups excluding tert-OH is 1. The normalized spacial score (nSPS) is 10.9. The van der Waals surface area contributed by atoms with E-state index < -0.39 is 0 Å². The van der Waals surface area contributed by atoms with E-state index in [1.54, 1.807) is 16.9 Å². The Labute approximate surface area is 104 Å². The molecule has 5 nitrogen and oxygen atoms in total. The van der Waals surface area contributed by atoms with Crippen LogP contribution in [-0.4, -0.2) is 31.3 Å². The quantitative estimate of drug-likeness (QED) is 0.750. The lowest BCUT2D eigenvalue weighted by Crippen LogP contribution is -1.93. The molecule has 3 rings (SSSR count). The third kappa shape index (κ3) is 1.96. The van der Waals surface area contributed by atoms with Crippen LogP contribution in [0.3, 0.4) is 0 Å². The third-order valence-electron chi connectivity index (χ3n) is 2.71. The summed E-state index contributed by atoms with van der Waals surface area (Å²) in [5, 5.41) is 13.4. The summed E-state index contributed by atoms with van der Waals surface area (Å²) in [5.41, 5.74) is 3.52. The minimum atomic E-state index is 0.0983. The number of aliphatic hydroxyl groups is 1. The second-order valence-corrected chi connectivity index (χ2v) is 3.96. The van der Waals surface area contributed by atoms with Gasteiger partial charge in [0.15, 0.2) is 5.65 Å². The first kappa shape index (κ1) is 10.9. The van der Waals surface area contributed by atoms with Gasteiger partial charge >= 0.3 is 0 Å². The number of imidazole rings is 1. The van der Waals surface area contributed by atoms with Gasteiger partial charge in [-0.2, -0.15) is 5.10 Å². The molecule has 3 aromatic heterocycles. The lowest BCUT2D eigenvalue weighted by atomic mass is 10.2. The van der Waals surface area contributed by atoms with Crippen LogP contribution in [0.5, 0.6) is 0 Å². The zero-order chi connectivity index (χ0) is 12.4. The van der Waals surface area contributed by atoms with Gasteiger partial charge in [-0.05, 0) is 24.3 Å². The van der Waals surface area contributed by atoms with Crippen LogP contribution < -0.4 is 0 Å². The minimum absolute atomic E-state index is 0.0983. The molecule has 0 radical (unpaired) electrons. The summed E-state index contributed by atoms with van der Waals surface area (Å²) in [6.07, 6.45) is 5.88. The van der Waals surface area contributed by atoms with Crippen LogP contribution in [0.1, 0.15) is 5.69 Å². The number of aromatic nitrogens is 4. The van der Waals surface area contributed by atoms with Crippen LogP contribution in [0.15, 0.2) is 42.9 Å². The van der Waals surface area contributed by atoms with Crippen molar-refractivity contribution in [3.63, 3.8) is 0 Å². The summed E-state index contributed by atoms with van der Waals surface area (Å²) in [7, 11) is 0. The number of hydrogen-bond acceptors (Lipinski definition) is 4. The molecule has 0 amide bonds. The highest BCUT2D eigenvalue weighted by Crippen LogP contribution is 2.16. The molecule has 0 aliphatic carbocycles. The highest BCUT2D eigenvalue weighted by atomic mass is 16.3. The molecule has 0 saturated carbocycles. The average molecular weight is 240 g/mol. The van der Waals surface area contributed by atoms with Gasteiger partial charge in [0.1, 0.15) is 0 Å². The third-order valence-corrected chi connectivity index (χ3v) is 2.71. The summed E-state index contributed by atoms with van der Waals surface area (Å²) >= 11 is 0. The van der Waals surface area contributed by atoms with E-state index in [0.717, 1.165) is 22.6 Å². The van der Waals surface area contributed by atoms with E-state index in [9.17, 15) is 0 Å². The number of rotatable bonds is 3. The van der Waals surface area contributed by atoms with Gasteiger partial charge in [-0.15, -0.1) is 0 Å². The van der Waals surface area contributed by atoms with Crippen molar-refractivity contribution in [1.82, 2.24) is 19.6 Å².